The number of halogens is 4. The van der Waals surface area contributed by atoms with Crippen LogP contribution in [0.25, 0.3) is 145 Å². The van der Waals surface area contributed by atoms with Crippen LogP contribution in [0.15, 0.2) is 324 Å². The molecule has 15 heteroatoms. The van der Waals surface area contributed by atoms with Crippen LogP contribution in [-0.4, -0.2) is 39.6 Å². The van der Waals surface area contributed by atoms with Gasteiger partial charge in [0.15, 0.2) is 11.5 Å². The molecule has 0 saturated carbocycles. The summed E-state index contributed by atoms with van der Waals surface area (Å²) in [4.78, 5) is 9.36. The summed E-state index contributed by atoms with van der Waals surface area (Å²) in [5.74, 6) is 0.869. The minimum atomic E-state index is -0.268. The molecule has 2 N–H and O–H groups in total. The average Bonchev–Trinajstić information content (AvgIpc) is 1.58. The Bertz CT molecular complexity index is 5810. The molecule has 0 saturated heterocycles. The Balaban J connectivity index is 0.000000158. The minimum absolute atomic E-state index is 0. The van der Waals surface area contributed by atoms with Gasteiger partial charge in [-0.05, 0) is 164 Å². The van der Waals surface area contributed by atoms with Crippen LogP contribution in [-0.2, 0) is 37.0 Å². The number of phenolic OH excluding ortho intramolecular Hbond substituents is 2. The number of hydrogen-bond acceptors (Lipinski definition) is 8. The van der Waals surface area contributed by atoms with Crippen LogP contribution >= 0.6 is 46.4 Å². The molecule has 0 amide bonds. The van der Waals surface area contributed by atoms with Crippen molar-refractivity contribution in [3.63, 3.8) is 0 Å². The summed E-state index contributed by atoms with van der Waals surface area (Å²) in [7, 11) is 0. The molecular formula is C98H76Cl4N6O4Zr. The van der Waals surface area contributed by atoms with Crippen LogP contribution in [0.3, 0.4) is 0 Å². The first-order valence-corrected chi connectivity index (χ1v) is 38.1. The molecule has 0 aliphatic heterocycles. The van der Waals surface area contributed by atoms with E-state index in [0.29, 0.717) is 53.7 Å². The van der Waals surface area contributed by atoms with E-state index in [1.165, 1.54) is 0 Å². The average molecular weight is 1630 g/mol. The molecule has 10 nitrogen and oxygen atoms in total. The zero-order valence-corrected chi connectivity index (χ0v) is 68.3. The van der Waals surface area contributed by atoms with Crippen molar-refractivity contribution in [3.8, 4) is 113 Å². The Morgan fingerprint density at radius 1 is 0.310 bits per heavy atom. The minimum Gasteiger partial charge on any atom is -0.505 e. The number of rotatable bonds is 10. The fraction of sp³-hybridized carbons (Fsp3) is 0.0816. The summed E-state index contributed by atoms with van der Waals surface area (Å²) in [5, 5.41) is 38.8. The van der Waals surface area contributed by atoms with Gasteiger partial charge in [-0.3, -0.25) is 0 Å². The zero-order valence-electron chi connectivity index (χ0n) is 62.8. The van der Waals surface area contributed by atoms with Crippen LogP contribution < -0.4 is 0 Å². The molecule has 18 aromatic rings. The van der Waals surface area contributed by atoms with Gasteiger partial charge in [0.1, 0.15) is 0 Å². The molecule has 0 bridgehead atoms. The molecule has 18 rings (SSSR count). The van der Waals surface area contributed by atoms with Gasteiger partial charge in [-0.2, -0.15) is 59.2 Å². The van der Waals surface area contributed by atoms with E-state index in [0.717, 1.165) is 110 Å². The molecular weight excluding hydrogens is 1560 g/mol. The standard InChI is InChI=1S/2C42H31Cl2N3O2.2C7H7.Zr/c2*1-42(2,3)29-23-32(40-45-41(49-46-40)38-33(43)15-10-16-34(38)44)39(48)37(24-29)47-35-19-17-27(25-11-6-4-7-12-25)21-30(35)31-22-28(18-20-36(31)47)26-13-8-5-9-14-26;2*1-7-5-3-2-4-6-7;/h2*4-24,48H,1-3H3;2*2-6H,1H2;/q;;2*-1;+2. The second-order valence-corrected chi connectivity index (χ2v) is 31.0. The molecule has 0 fully saturated rings. The molecule has 0 aliphatic carbocycles. The summed E-state index contributed by atoms with van der Waals surface area (Å²) >= 11 is 25.9. The van der Waals surface area contributed by atoms with E-state index in [1.54, 1.807) is 36.4 Å². The third-order valence-electron chi connectivity index (χ3n) is 19.7. The molecule has 0 aliphatic rings. The van der Waals surface area contributed by atoms with Gasteiger partial charge in [0.25, 0.3) is 11.8 Å². The predicted molar refractivity (Wildman–Crippen MR) is 463 cm³/mol. The van der Waals surface area contributed by atoms with Crippen LogP contribution in [0.2, 0.25) is 20.1 Å². The van der Waals surface area contributed by atoms with Gasteiger partial charge in [-0.1, -0.05) is 268 Å². The maximum Gasteiger partial charge on any atom is 2.00 e. The Morgan fingerprint density at radius 3 is 0.805 bits per heavy atom. The summed E-state index contributed by atoms with van der Waals surface area (Å²) in [6.07, 6.45) is 0. The number of nitrogens with zero attached hydrogens (tertiary/aromatic N) is 6. The maximum atomic E-state index is 12.2. The second kappa shape index (κ2) is 33.3. The Morgan fingerprint density at radius 2 is 0.566 bits per heavy atom. The first-order valence-electron chi connectivity index (χ1n) is 36.6. The van der Waals surface area contributed by atoms with E-state index in [9.17, 15) is 10.2 Å². The molecule has 554 valence electrons. The van der Waals surface area contributed by atoms with Gasteiger partial charge in [-0.15, -0.1) is 24.3 Å². The van der Waals surface area contributed by atoms with Gasteiger partial charge >= 0.3 is 26.2 Å². The van der Waals surface area contributed by atoms with Crippen LogP contribution in [0.4, 0.5) is 0 Å². The fourth-order valence-corrected chi connectivity index (χ4v) is 14.9. The molecule has 113 heavy (non-hydrogen) atoms. The van der Waals surface area contributed by atoms with Gasteiger partial charge in [0.05, 0.1) is 75.8 Å². The summed E-state index contributed by atoms with van der Waals surface area (Å²) in [6.45, 7) is 20.3. The number of phenols is 2. The topological polar surface area (TPSA) is 128 Å². The van der Waals surface area contributed by atoms with Gasteiger partial charge in [-0.25, -0.2) is 0 Å². The molecule has 0 unspecified atom stereocenters. The predicted octanol–water partition coefficient (Wildman–Crippen LogP) is 28.0. The molecule has 0 spiro atoms. The molecule has 4 aromatic heterocycles. The normalized spacial score (nSPS) is 11.3. The second-order valence-electron chi connectivity index (χ2n) is 29.4. The SMILES string of the molecule is CC(C)(C)c1cc(-c2noc(-c3c(Cl)cccc3Cl)n2)c(O)c(-n2c3ccc(-c4ccccc4)cc3c3cc(-c4ccccc4)ccc32)c1.CC(C)(C)c1cc(-c2noc(-c3c(Cl)cccc3Cl)n2)c(O)c(-n2c3ccc(-c4ccccc4)cc3c3cc(-c4ccccc4)ccc32)c1.[CH2-]c1ccccc1.[CH2-]c1ccccc1.[Zr+2]. The van der Waals surface area contributed by atoms with E-state index in [4.69, 9.17) is 55.4 Å². The van der Waals surface area contributed by atoms with Crippen molar-refractivity contribution in [2.24, 2.45) is 0 Å². The monoisotopic (exact) mass is 1630 g/mol. The number of hydrogen-bond donors (Lipinski definition) is 2. The number of fused-ring (bicyclic) bond motifs is 6. The van der Waals surface area contributed by atoms with Crippen molar-refractivity contribution in [3.05, 3.63) is 372 Å². The first-order chi connectivity index (χ1) is 54.1. The largest absolute Gasteiger partial charge is 2.00 e. The fourth-order valence-electron chi connectivity index (χ4n) is 13.8. The van der Waals surface area contributed by atoms with E-state index in [2.05, 4.69) is 267 Å². The van der Waals surface area contributed by atoms with E-state index >= 15 is 0 Å². The van der Waals surface area contributed by atoms with Crippen molar-refractivity contribution in [1.82, 2.24) is 29.4 Å². The number of aromatic nitrogens is 6. The number of benzene rings is 14. The van der Waals surface area contributed by atoms with Crippen molar-refractivity contribution in [2.75, 3.05) is 0 Å². The van der Waals surface area contributed by atoms with E-state index < -0.39 is 0 Å². The molecule has 14 aromatic carbocycles. The smallest absolute Gasteiger partial charge is 0.505 e. The number of aromatic hydroxyl groups is 2. The molecule has 0 radical (unpaired) electrons. The third kappa shape index (κ3) is 16.5. The summed E-state index contributed by atoms with van der Waals surface area (Å²) in [6, 6.07) is 106. The summed E-state index contributed by atoms with van der Waals surface area (Å²) < 4.78 is 15.6. The third-order valence-corrected chi connectivity index (χ3v) is 21.0. The Labute approximate surface area is 696 Å². The van der Waals surface area contributed by atoms with Crippen LogP contribution in [0.1, 0.15) is 63.8 Å². The van der Waals surface area contributed by atoms with Crippen molar-refractivity contribution in [1.29, 1.82) is 0 Å². The molecule has 4 heterocycles. The van der Waals surface area contributed by atoms with Crippen molar-refractivity contribution >= 4 is 90.0 Å². The summed E-state index contributed by atoms with van der Waals surface area (Å²) in [5.41, 5.74) is 19.4. The quantitative estimate of drug-likeness (QED) is 0.130. The Hall–Kier alpha value is -11.7. The van der Waals surface area contributed by atoms with Crippen molar-refractivity contribution in [2.45, 2.75) is 52.4 Å². The van der Waals surface area contributed by atoms with Gasteiger partial charge in [0.2, 0.25) is 11.6 Å². The van der Waals surface area contributed by atoms with Crippen LogP contribution in [0, 0.1) is 13.8 Å². The van der Waals surface area contributed by atoms with Crippen LogP contribution in [0.5, 0.6) is 11.5 Å². The Kier molecular flexibility index (Phi) is 23.0. The first kappa shape index (κ1) is 78.0. The van der Waals surface area contributed by atoms with Gasteiger partial charge < -0.3 is 28.4 Å². The maximum absolute atomic E-state index is 12.2. The van der Waals surface area contributed by atoms with E-state index in [-0.39, 0.29) is 72.0 Å². The molecule has 0 atom stereocenters. The van der Waals surface area contributed by atoms with E-state index in [1.807, 2.05) is 97.1 Å². The van der Waals surface area contributed by atoms with Crippen molar-refractivity contribution < 1.29 is 45.5 Å². The van der Waals surface area contributed by atoms with Gasteiger partial charge in [0, 0.05) is 21.5 Å². The zero-order chi connectivity index (χ0) is 78.0.